The maximum Gasteiger partial charge on any atom is 0.318 e. The van der Waals surface area contributed by atoms with E-state index < -0.39 is 0 Å². The number of fused-ring (bicyclic) bond motifs is 5. The van der Waals surface area contributed by atoms with Gasteiger partial charge < -0.3 is 4.74 Å². The molecule has 0 aromatic carbocycles. The van der Waals surface area contributed by atoms with E-state index >= 15 is 0 Å². The molecule has 1 saturated heterocycles. The molecule has 0 amide bonds. The fourth-order valence-electron chi connectivity index (χ4n) is 2.70. The Kier molecular flexibility index (Phi) is 0.953. The molecule has 1 saturated carbocycles. The Morgan fingerprint density at radius 2 is 1.58 bits per heavy atom. The summed E-state index contributed by atoms with van der Waals surface area (Å²) in [7, 11) is 0. The molecule has 4 atom stereocenters. The van der Waals surface area contributed by atoms with Crippen molar-refractivity contribution in [1.82, 2.24) is 0 Å². The van der Waals surface area contributed by atoms with E-state index in [9.17, 15) is 9.59 Å². The average Bonchev–Trinajstić information content (AvgIpc) is 2.64. The molecule has 0 aromatic heterocycles. The van der Waals surface area contributed by atoms with Gasteiger partial charge in [0.15, 0.2) is 0 Å². The summed E-state index contributed by atoms with van der Waals surface area (Å²) in [5.74, 6) is -0.346. The first kappa shape index (κ1) is 6.40. The summed E-state index contributed by atoms with van der Waals surface area (Å²) in [6.07, 6.45) is 5.06. The number of allylic oxidation sites excluding steroid dienone is 2. The van der Waals surface area contributed by atoms with Crippen molar-refractivity contribution in [1.29, 1.82) is 0 Å². The predicted octanol–water partition coefficient (Wildman–Crippen LogP) is 0.508. The van der Waals surface area contributed by atoms with Crippen LogP contribution in [-0.4, -0.2) is 11.9 Å². The smallest absolute Gasteiger partial charge is 0.318 e. The highest BCUT2D eigenvalue weighted by Gasteiger charge is 2.57. The minimum Gasteiger partial charge on any atom is -0.393 e. The lowest BCUT2D eigenvalue weighted by Crippen LogP contribution is -2.21. The van der Waals surface area contributed by atoms with Gasteiger partial charge in [-0.1, -0.05) is 12.2 Å². The molecule has 12 heavy (non-hydrogen) atoms. The van der Waals surface area contributed by atoms with Gasteiger partial charge >= 0.3 is 11.9 Å². The van der Waals surface area contributed by atoms with Crippen molar-refractivity contribution < 1.29 is 14.3 Å². The van der Waals surface area contributed by atoms with Gasteiger partial charge in [-0.3, -0.25) is 9.59 Å². The second-order valence-electron chi connectivity index (χ2n) is 3.74. The quantitative estimate of drug-likeness (QED) is 0.297. The van der Waals surface area contributed by atoms with Crippen molar-refractivity contribution in [3.05, 3.63) is 12.2 Å². The molecule has 3 aliphatic rings. The topological polar surface area (TPSA) is 43.4 Å². The number of esters is 2. The Hall–Kier alpha value is -1.12. The molecule has 0 radical (unpaired) electrons. The SMILES string of the molecule is O=C1OC(=O)[C@@H]2C1C1C=C[C@@H]2C1. The van der Waals surface area contributed by atoms with E-state index in [1.165, 1.54) is 0 Å². The Morgan fingerprint density at radius 3 is 2.08 bits per heavy atom. The van der Waals surface area contributed by atoms with E-state index in [-0.39, 0.29) is 35.6 Å². The van der Waals surface area contributed by atoms with Crippen LogP contribution in [0.2, 0.25) is 0 Å². The van der Waals surface area contributed by atoms with E-state index in [4.69, 9.17) is 0 Å². The van der Waals surface area contributed by atoms with Crippen LogP contribution in [0.5, 0.6) is 0 Å². The molecule has 3 heteroatoms. The molecular formula is C9H8O3. The highest BCUT2D eigenvalue weighted by molar-refractivity contribution is 5.98. The first-order chi connectivity index (χ1) is 5.77. The van der Waals surface area contributed by atoms with Crippen molar-refractivity contribution >= 4 is 11.9 Å². The van der Waals surface area contributed by atoms with Crippen LogP contribution in [0.25, 0.3) is 0 Å². The van der Waals surface area contributed by atoms with Gasteiger partial charge in [-0.25, -0.2) is 0 Å². The van der Waals surface area contributed by atoms with Gasteiger partial charge in [0.05, 0.1) is 11.8 Å². The molecule has 2 aliphatic carbocycles. The van der Waals surface area contributed by atoms with Gasteiger partial charge in [0.25, 0.3) is 0 Å². The normalized spacial score (nSPS) is 48.3. The van der Waals surface area contributed by atoms with Gasteiger partial charge in [-0.2, -0.15) is 0 Å². The molecule has 3 rings (SSSR count). The van der Waals surface area contributed by atoms with Crippen LogP contribution < -0.4 is 0 Å². The van der Waals surface area contributed by atoms with E-state index in [1.54, 1.807) is 0 Å². The maximum atomic E-state index is 11.2. The number of carbonyl (C=O) groups excluding carboxylic acids is 2. The average molecular weight is 164 g/mol. The predicted molar refractivity (Wildman–Crippen MR) is 38.8 cm³/mol. The summed E-state index contributed by atoms with van der Waals surface area (Å²) in [6, 6.07) is 0. The van der Waals surface area contributed by atoms with E-state index in [0.29, 0.717) is 0 Å². The minimum absolute atomic E-state index is 0.146. The lowest BCUT2D eigenvalue weighted by atomic mass is 9.85. The Balaban J connectivity index is 2.08. The largest absolute Gasteiger partial charge is 0.393 e. The molecule has 0 spiro atoms. The van der Waals surface area contributed by atoms with E-state index in [0.717, 1.165) is 6.42 Å². The summed E-state index contributed by atoms with van der Waals surface area (Å²) in [5.41, 5.74) is 0. The first-order valence-electron chi connectivity index (χ1n) is 4.21. The number of hydrogen-bond donors (Lipinski definition) is 0. The number of rotatable bonds is 0. The number of ether oxygens (including phenoxy) is 1. The summed E-state index contributed by atoms with van der Waals surface area (Å²) in [4.78, 5) is 22.4. The molecule has 2 fully saturated rings. The molecule has 2 bridgehead atoms. The zero-order chi connectivity index (χ0) is 8.29. The third-order valence-electron chi connectivity index (χ3n) is 3.20. The second kappa shape index (κ2) is 1.79. The summed E-state index contributed by atoms with van der Waals surface area (Å²) >= 11 is 0. The zero-order valence-corrected chi connectivity index (χ0v) is 6.40. The number of hydrogen-bond acceptors (Lipinski definition) is 3. The molecular weight excluding hydrogens is 156 g/mol. The minimum atomic E-state index is -0.304. The lowest BCUT2D eigenvalue weighted by Gasteiger charge is -2.12. The molecule has 1 heterocycles. The van der Waals surface area contributed by atoms with Crippen LogP contribution in [0.3, 0.4) is 0 Å². The summed E-state index contributed by atoms with van der Waals surface area (Å²) in [6.45, 7) is 0. The highest BCUT2D eigenvalue weighted by Crippen LogP contribution is 2.51. The lowest BCUT2D eigenvalue weighted by molar-refractivity contribution is -0.154. The van der Waals surface area contributed by atoms with Crippen molar-refractivity contribution in [2.45, 2.75) is 6.42 Å². The molecule has 2 unspecified atom stereocenters. The van der Waals surface area contributed by atoms with Gasteiger partial charge in [0.1, 0.15) is 0 Å². The van der Waals surface area contributed by atoms with Gasteiger partial charge in [0, 0.05) is 0 Å². The Morgan fingerprint density at radius 1 is 1.08 bits per heavy atom. The third kappa shape index (κ3) is 0.543. The van der Waals surface area contributed by atoms with Crippen LogP contribution in [0.4, 0.5) is 0 Å². The fraction of sp³-hybridized carbons (Fsp3) is 0.556. The standard InChI is InChI=1S/C9H8O3/c10-8-6-4-1-2-5(3-4)7(6)9(11)12-8/h1-2,4-7H,3H2/t4-,5?,6+,7?/m1/s1. The number of cyclic esters (lactones) is 2. The van der Waals surface area contributed by atoms with Crippen molar-refractivity contribution in [3.63, 3.8) is 0 Å². The van der Waals surface area contributed by atoms with Crippen molar-refractivity contribution in [2.75, 3.05) is 0 Å². The monoisotopic (exact) mass is 164 g/mol. The fourth-order valence-corrected chi connectivity index (χ4v) is 2.70. The maximum absolute atomic E-state index is 11.2. The van der Waals surface area contributed by atoms with Crippen LogP contribution in [-0.2, 0) is 14.3 Å². The van der Waals surface area contributed by atoms with Gasteiger partial charge in [0.2, 0.25) is 0 Å². The summed E-state index contributed by atoms with van der Waals surface area (Å²) in [5, 5.41) is 0. The summed E-state index contributed by atoms with van der Waals surface area (Å²) < 4.78 is 4.59. The first-order valence-corrected chi connectivity index (χ1v) is 4.21. The van der Waals surface area contributed by atoms with Crippen LogP contribution in [0.1, 0.15) is 6.42 Å². The van der Waals surface area contributed by atoms with Gasteiger partial charge in [-0.15, -0.1) is 0 Å². The van der Waals surface area contributed by atoms with Crippen LogP contribution >= 0.6 is 0 Å². The van der Waals surface area contributed by atoms with E-state index in [1.807, 2.05) is 12.2 Å². The van der Waals surface area contributed by atoms with Crippen LogP contribution in [0, 0.1) is 23.7 Å². The second-order valence-corrected chi connectivity index (χ2v) is 3.74. The molecule has 0 N–H and O–H groups in total. The van der Waals surface area contributed by atoms with E-state index in [2.05, 4.69) is 4.74 Å². The number of carbonyl (C=O) groups is 2. The molecule has 62 valence electrons. The Bertz CT molecular complexity index is 277. The van der Waals surface area contributed by atoms with Gasteiger partial charge in [-0.05, 0) is 18.3 Å². The molecule has 1 aliphatic heterocycles. The van der Waals surface area contributed by atoms with Crippen molar-refractivity contribution in [3.8, 4) is 0 Å². The third-order valence-corrected chi connectivity index (χ3v) is 3.20. The van der Waals surface area contributed by atoms with Crippen molar-refractivity contribution in [2.24, 2.45) is 23.7 Å². The van der Waals surface area contributed by atoms with Crippen LogP contribution in [0.15, 0.2) is 12.2 Å². The Labute approximate surface area is 69.4 Å². The molecule has 0 aromatic rings. The molecule has 3 nitrogen and oxygen atoms in total. The highest BCUT2D eigenvalue weighted by atomic mass is 16.6. The zero-order valence-electron chi connectivity index (χ0n) is 6.40.